The van der Waals surface area contributed by atoms with Gasteiger partial charge in [-0.05, 0) is 31.6 Å². The molecular weight excluding hydrogens is 322 g/mol. The van der Waals surface area contributed by atoms with E-state index in [4.69, 9.17) is 0 Å². The SMILES string of the molecule is CN(C)CC(C)(C)CNCc1ccc(Br)cc1[N+](=O)[O-]. The summed E-state index contributed by atoms with van der Waals surface area (Å²) in [6.45, 7) is 6.62. The maximum atomic E-state index is 11.0. The van der Waals surface area contributed by atoms with Gasteiger partial charge < -0.3 is 10.2 Å². The van der Waals surface area contributed by atoms with Crippen LogP contribution in [0.2, 0.25) is 0 Å². The Hall–Kier alpha value is -0.980. The van der Waals surface area contributed by atoms with Crippen molar-refractivity contribution in [3.05, 3.63) is 38.3 Å². The molecule has 1 rings (SSSR count). The van der Waals surface area contributed by atoms with Crippen LogP contribution in [-0.4, -0.2) is 37.0 Å². The van der Waals surface area contributed by atoms with E-state index >= 15 is 0 Å². The van der Waals surface area contributed by atoms with Crippen molar-refractivity contribution >= 4 is 21.6 Å². The van der Waals surface area contributed by atoms with E-state index in [1.54, 1.807) is 12.1 Å². The molecule has 6 heteroatoms. The van der Waals surface area contributed by atoms with Crippen LogP contribution in [-0.2, 0) is 6.54 Å². The van der Waals surface area contributed by atoms with Crippen LogP contribution in [0.5, 0.6) is 0 Å². The van der Waals surface area contributed by atoms with E-state index in [1.165, 1.54) is 0 Å². The predicted molar refractivity (Wildman–Crippen MR) is 84.8 cm³/mol. The number of rotatable bonds is 7. The third-order valence-electron chi connectivity index (χ3n) is 2.91. The molecule has 0 saturated carbocycles. The molecule has 112 valence electrons. The number of nitro benzene ring substituents is 1. The average Bonchev–Trinajstić information content (AvgIpc) is 2.28. The number of hydrogen-bond acceptors (Lipinski definition) is 4. The van der Waals surface area contributed by atoms with Crippen molar-refractivity contribution in [1.29, 1.82) is 0 Å². The van der Waals surface area contributed by atoms with Gasteiger partial charge in [-0.25, -0.2) is 0 Å². The number of nitrogens with one attached hydrogen (secondary N) is 1. The predicted octanol–water partition coefficient (Wildman–Crippen LogP) is 3.03. The first-order chi connectivity index (χ1) is 9.21. The lowest BCUT2D eigenvalue weighted by Gasteiger charge is -2.28. The van der Waals surface area contributed by atoms with Gasteiger partial charge >= 0.3 is 0 Å². The molecule has 0 fully saturated rings. The number of hydrogen-bond donors (Lipinski definition) is 1. The summed E-state index contributed by atoms with van der Waals surface area (Å²) >= 11 is 3.26. The summed E-state index contributed by atoms with van der Waals surface area (Å²) in [6.07, 6.45) is 0. The van der Waals surface area contributed by atoms with Gasteiger partial charge in [0.15, 0.2) is 0 Å². The Morgan fingerprint density at radius 2 is 2.05 bits per heavy atom. The second kappa shape index (κ2) is 7.15. The van der Waals surface area contributed by atoms with Crippen molar-refractivity contribution in [3.8, 4) is 0 Å². The minimum absolute atomic E-state index is 0.119. The molecule has 1 aromatic carbocycles. The summed E-state index contributed by atoms with van der Waals surface area (Å²) in [4.78, 5) is 12.8. The van der Waals surface area contributed by atoms with Crippen molar-refractivity contribution in [1.82, 2.24) is 10.2 Å². The molecule has 0 amide bonds. The number of nitrogens with zero attached hydrogens (tertiary/aromatic N) is 2. The summed E-state index contributed by atoms with van der Waals surface area (Å²) in [7, 11) is 4.09. The molecule has 0 spiro atoms. The Balaban J connectivity index is 2.64. The largest absolute Gasteiger partial charge is 0.312 e. The van der Waals surface area contributed by atoms with Gasteiger partial charge in [0.05, 0.1) is 4.92 Å². The summed E-state index contributed by atoms with van der Waals surface area (Å²) in [6, 6.07) is 5.16. The van der Waals surface area contributed by atoms with E-state index < -0.39 is 0 Å². The van der Waals surface area contributed by atoms with Gasteiger partial charge in [0.1, 0.15) is 0 Å². The Labute approximate surface area is 128 Å². The Kier molecular flexibility index (Phi) is 6.10. The Morgan fingerprint density at radius 1 is 1.40 bits per heavy atom. The van der Waals surface area contributed by atoms with Crippen LogP contribution >= 0.6 is 15.9 Å². The molecule has 0 unspecified atom stereocenters. The van der Waals surface area contributed by atoms with Gasteiger partial charge in [-0.1, -0.05) is 29.8 Å². The first-order valence-corrected chi connectivity index (χ1v) is 7.29. The van der Waals surface area contributed by atoms with E-state index in [2.05, 4.69) is 40.0 Å². The molecule has 0 atom stereocenters. The highest BCUT2D eigenvalue weighted by Gasteiger charge is 2.19. The van der Waals surface area contributed by atoms with E-state index in [-0.39, 0.29) is 16.0 Å². The molecule has 0 aliphatic carbocycles. The molecule has 0 radical (unpaired) electrons. The molecule has 0 bridgehead atoms. The first kappa shape index (κ1) is 17.1. The summed E-state index contributed by atoms with van der Waals surface area (Å²) in [5, 5.41) is 14.3. The molecule has 0 saturated heterocycles. The summed E-state index contributed by atoms with van der Waals surface area (Å²) in [5.74, 6) is 0. The standard InChI is InChI=1S/C14H22BrN3O2/c1-14(2,10-17(3)4)9-16-8-11-5-6-12(15)7-13(11)18(19)20/h5-7,16H,8-10H2,1-4H3. The van der Waals surface area contributed by atoms with Gasteiger partial charge in [-0.3, -0.25) is 10.1 Å². The van der Waals surface area contributed by atoms with Crippen LogP contribution in [0.25, 0.3) is 0 Å². The fourth-order valence-electron chi connectivity index (χ4n) is 2.30. The smallest absolute Gasteiger partial charge is 0.275 e. The third-order valence-corrected chi connectivity index (χ3v) is 3.40. The zero-order valence-corrected chi connectivity index (χ0v) is 14.0. The van der Waals surface area contributed by atoms with E-state index in [9.17, 15) is 10.1 Å². The van der Waals surface area contributed by atoms with Crippen molar-refractivity contribution < 1.29 is 4.92 Å². The van der Waals surface area contributed by atoms with E-state index in [1.807, 2.05) is 20.2 Å². The Bertz CT molecular complexity index is 475. The molecule has 0 aliphatic rings. The topological polar surface area (TPSA) is 58.4 Å². The van der Waals surface area contributed by atoms with Gasteiger partial charge in [-0.2, -0.15) is 0 Å². The zero-order chi connectivity index (χ0) is 15.3. The Morgan fingerprint density at radius 3 is 2.60 bits per heavy atom. The molecular formula is C14H22BrN3O2. The number of nitro groups is 1. The number of halogens is 1. The van der Waals surface area contributed by atoms with E-state index in [0.29, 0.717) is 12.1 Å². The lowest BCUT2D eigenvalue weighted by atomic mass is 9.93. The van der Waals surface area contributed by atoms with Gasteiger partial charge in [-0.15, -0.1) is 0 Å². The summed E-state index contributed by atoms with van der Waals surface area (Å²) < 4.78 is 0.723. The highest BCUT2D eigenvalue weighted by atomic mass is 79.9. The van der Waals surface area contributed by atoms with E-state index in [0.717, 1.165) is 17.6 Å². The van der Waals surface area contributed by atoms with Gasteiger partial charge in [0.25, 0.3) is 5.69 Å². The van der Waals surface area contributed by atoms with Crippen molar-refractivity contribution in [2.45, 2.75) is 20.4 Å². The minimum atomic E-state index is -0.341. The number of benzene rings is 1. The fourth-order valence-corrected chi connectivity index (χ4v) is 2.65. The van der Waals surface area contributed by atoms with Crippen molar-refractivity contribution in [2.75, 3.05) is 27.2 Å². The highest BCUT2D eigenvalue weighted by molar-refractivity contribution is 9.10. The highest BCUT2D eigenvalue weighted by Crippen LogP contribution is 2.23. The van der Waals surface area contributed by atoms with Crippen LogP contribution in [0.3, 0.4) is 0 Å². The van der Waals surface area contributed by atoms with Crippen LogP contribution in [0.1, 0.15) is 19.4 Å². The maximum absolute atomic E-state index is 11.0. The molecule has 0 aliphatic heterocycles. The van der Waals surface area contributed by atoms with Crippen LogP contribution in [0, 0.1) is 15.5 Å². The van der Waals surface area contributed by atoms with Crippen LogP contribution in [0.15, 0.2) is 22.7 Å². The maximum Gasteiger partial charge on any atom is 0.275 e. The third kappa shape index (κ3) is 5.56. The van der Waals surface area contributed by atoms with Crippen molar-refractivity contribution in [2.24, 2.45) is 5.41 Å². The average molecular weight is 344 g/mol. The quantitative estimate of drug-likeness (QED) is 0.610. The molecule has 0 heterocycles. The normalized spacial score (nSPS) is 11.9. The molecule has 5 nitrogen and oxygen atoms in total. The second-order valence-corrected chi connectivity index (χ2v) is 6.95. The fraction of sp³-hybridized carbons (Fsp3) is 0.571. The zero-order valence-electron chi connectivity index (χ0n) is 12.4. The van der Waals surface area contributed by atoms with Crippen LogP contribution in [0.4, 0.5) is 5.69 Å². The second-order valence-electron chi connectivity index (χ2n) is 6.04. The van der Waals surface area contributed by atoms with Gasteiger partial charge in [0.2, 0.25) is 0 Å². The molecule has 1 N–H and O–H groups in total. The molecule has 0 aromatic heterocycles. The monoisotopic (exact) mass is 343 g/mol. The van der Waals surface area contributed by atoms with Crippen LogP contribution < -0.4 is 5.32 Å². The first-order valence-electron chi connectivity index (χ1n) is 6.49. The summed E-state index contributed by atoms with van der Waals surface area (Å²) in [5.41, 5.74) is 0.976. The van der Waals surface area contributed by atoms with Gasteiger partial charge in [0, 0.05) is 35.7 Å². The lowest BCUT2D eigenvalue weighted by molar-refractivity contribution is -0.385. The van der Waals surface area contributed by atoms with Crippen molar-refractivity contribution in [3.63, 3.8) is 0 Å². The molecule has 20 heavy (non-hydrogen) atoms. The molecule has 1 aromatic rings. The lowest BCUT2D eigenvalue weighted by Crippen LogP contribution is -2.37. The minimum Gasteiger partial charge on any atom is -0.312 e.